The van der Waals surface area contributed by atoms with Crippen molar-refractivity contribution in [3.8, 4) is 0 Å². The van der Waals surface area contributed by atoms with Crippen LogP contribution in [0.25, 0.3) is 0 Å². The summed E-state index contributed by atoms with van der Waals surface area (Å²) >= 11 is 0. The number of unbranched alkanes of at least 4 members (excludes halogenated alkanes) is 1. The zero-order chi connectivity index (χ0) is 12.0. The van der Waals surface area contributed by atoms with Crippen molar-refractivity contribution in [2.45, 2.75) is 31.6 Å². The van der Waals surface area contributed by atoms with Crippen molar-refractivity contribution >= 4 is 9.84 Å². The van der Waals surface area contributed by atoms with Gasteiger partial charge in [0.05, 0.1) is 10.6 Å². The number of benzene rings is 1. The second-order valence-corrected chi connectivity index (χ2v) is 5.89. The van der Waals surface area contributed by atoms with Crippen molar-refractivity contribution in [3.05, 3.63) is 42.0 Å². The first-order valence-corrected chi connectivity index (χ1v) is 7.16. The smallest absolute Gasteiger partial charge is 0.181 e. The number of sulfone groups is 1. The quantitative estimate of drug-likeness (QED) is 0.739. The molecule has 88 valence electrons. The fourth-order valence-corrected chi connectivity index (χ4v) is 2.45. The summed E-state index contributed by atoms with van der Waals surface area (Å²) in [5, 5.41) is 0. The monoisotopic (exact) mass is 238 g/mol. The molecule has 0 radical (unpaired) electrons. The highest BCUT2D eigenvalue weighted by Crippen LogP contribution is 2.12. The first kappa shape index (κ1) is 13.0. The zero-order valence-corrected chi connectivity index (χ0v) is 10.6. The lowest BCUT2D eigenvalue weighted by atomic mass is 10.2. The minimum Gasteiger partial charge on any atom is -0.223 e. The van der Waals surface area contributed by atoms with Crippen LogP contribution in [0, 0.1) is 6.92 Å². The summed E-state index contributed by atoms with van der Waals surface area (Å²) in [6, 6.07) is 6.97. The van der Waals surface area contributed by atoms with E-state index in [1.165, 1.54) is 0 Å². The van der Waals surface area contributed by atoms with Crippen molar-refractivity contribution in [3.63, 3.8) is 0 Å². The molecule has 16 heavy (non-hydrogen) atoms. The maximum Gasteiger partial charge on any atom is 0.181 e. The van der Waals surface area contributed by atoms with Crippen molar-refractivity contribution in [1.82, 2.24) is 0 Å². The summed E-state index contributed by atoms with van der Waals surface area (Å²) in [5.41, 5.74) is 1.07. The Labute approximate surface area is 97.9 Å². The van der Waals surface area contributed by atoms with Gasteiger partial charge in [-0.25, -0.2) is 8.42 Å². The van der Waals surface area contributed by atoms with Gasteiger partial charge >= 0.3 is 0 Å². The average molecular weight is 238 g/mol. The minimum absolute atomic E-state index is 0.0933. The van der Waals surface area contributed by atoms with E-state index in [2.05, 4.69) is 6.92 Å². The highest BCUT2D eigenvalue weighted by atomic mass is 32.2. The maximum absolute atomic E-state index is 11.9. The Morgan fingerprint density at radius 3 is 2.31 bits per heavy atom. The molecular formula is C13H18O2S. The van der Waals surface area contributed by atoms with E-state index >= 15 is 0 Å². The van der Waals surface area contributed by atoms with Gasteiger partial charge in [0.2, 0.25) is 0 Å². The Morgan fingerprint density at radius 2 is 1.75 bits per heavy atom. The van der Waals surface area contributed by atoms with Crippen LogP contribution in [-0.4, -0.2) is 14.2 Å². The lowest BCUT2D eigenvalue weighted by molar-refractivity contribution is 0.599. The van der Waals surface area contributed by atoms with Crippen LogP contribution >= 0.6 is 0 Å². The van der Waals surface area contributed by atoms with E-state index in [0.29, 0.717) is 4.90 Å². The number of allylic oxidation sites excluding steroid dienone is 1. The van der Waals surface area contributed by atoms with E-state index in [1.54, 1.807) is 18.2 Å². The van der Waals surface area contributed by atoms with Crippen LogP contribution < -0.4 is 0 Å². The van der Waals surface area contributed by atoms with Gasteiger partial charge in [0, 0.05) is 0 Å². The topological polar surface area (TPSA) is 34.1 Å². The summed E-state index contributed by atoms with van der Waals surface area (Å²) < 4.78 is 23.7. The number of rotatable bonds is 5. The van der Waals surface area contributed by atoms with E-state index in [0.717, 1.165) is 18.4 Å². The standard InChI is InChI=1S/C13H18O2S/c1-3-4-5-6-11-16(14,15)13-9-7-12(2)8-10-13/h5-10H,3-4,11H2,1-2H3. The van der Waals surface area contributed by atoms with E-state index < -0.39 is 9.84 Å². The fraction of sp³-hybridized carbons (Fsp3) is 0.385. The Balaban J connectivity index is 2.74. The maximum atomic E-state index is 11.9. The number of aryl methyl sites for hydroxylation is 1. The second kappa shape index (κ2) is 5.85. The largest absolute Gasteiger partial charge is 0.223 e. The second-order valence-electron chi connectivity index (χ2n) is 3.85. The Hall–Kier alpha value is -1.09. The summed E-state index contributed by atoms with van der Waals surface area (Å²) in [4.78, 5) is 0.402. The third kappa shape index (κ3) is 3.81. The Kier molecular flexibility index (Phi) is 4.74. The molecule has 0 fully saturated rings. The molecule has 1 aromatic carbocycles. The van der Waals surface area contributed by atoms with Crippen molar-refractivity contribution < 1.29 is 8.42 Å². The van der Waals surface area contributed by atoms with Gasteiger partial charge in [-0.3, -0.25) is 0 Å². The fourth-order valence-electron chi connectivity index (χ4n) is 1.32. The summed E-state index contributed by atoms with van der Waals surface area (Å²) in [6.45, 7) is 4.01. The first-order valence-electron chi connectivity index (χ1n) is 5.50. The lowest BCUT2D eigenvalue weighted by Crippen LogP contribution is -2.04. The third-order valence-electron chi connectivity index (χ3n) is 2.32. The first-order chi connectivity index (χ1) is 7.56. The molecule has 0 aromatic heterocycles. The molecule has 0 bridgehead atoms. The summed E-state index contributed by atoms with van der Waals surface area (Å²) in [7, 11) is -3.14. The lowest BCUT2D eigenvalue weighted by Gasteiger charge is -2.01. The van der Waals surface area contributed by atoms with Crippen molar-refractivity contribution in [2.24, 2.45) is 0 Å². The molecule has 2 nitrogen and oxygen atoms in total. The summed E-state index contributed by atoms with van der Waals surface area (Å²) in [6.07, 6.45) is 5.63. The molecular weight excluding hydrogens is 220 g/mol. The molecule has 0 amide bonds. The molecule has 0 unspecified atom stereocenters. The van der Waals surface area contributed by atoms with Crippen LogP contribution in [0.4, 0.5) is 0 Å². The highest BCUT2D eigenvalue weighted by Gasteiger charge is 2.11. The van der Waals surface area contributed by atoms with Gasteiger partial charge in [-0.05, 0) is 25.5 Å². The van der Waals surface area contributed by atoms with E-state index in [-0.39, 0.29) is 5.75 Å². The van der Waals surface area contributed by atoms with Gasteiger partial charge in [-0.2, -0.15) is 0 Å². The van der Waals surface area contributed by atoms with Crippen LogP contribution in [0.1, 0.15) is 25.3 Å². The predicted octanol–water partition coefficient (Wildman–Crippen LogP) is 3.13. The molecule has 0 aliphatic rings. The molecule has 0 heterocycles. The highest BCUT2D eigenvalue weighted by molar-refractivity contribution is 7.91. The van der Waals surface area contributed by atoms with Gasteiger partial charge in [-0.15, -0.1) is 0 Å². The SMILES string of the molecule is CCCC=CCS(=O)(=O)c1ccc(C)cc1. The van der Waals surface area contributed by atoms with Gasteiger partial charge in [0.15, 0.2) is 9.84 Å². The van der Waals surface area contributed by atoms with Crippen molar-refractivity contribution in [2.75, 3.05) is 5.75 Å². The molecule has 0 saturated heterocycles. The average Bonchev–Trinajstić information content (AvgIpc) is 2.25. The zero-order valence-electron chi connectivity index (χ0n) is 9.81. The third-order valence-corrected chi connectivity index (χ3v) is 3.94. The molecule has 3 heteroatoms. The van der Waals surface area contributed by atoms with Gasteiger partial charge < -0.3 is 0 Å². The molecule has 0 aliphatic heterocycles. The van der Waals surface area contributed by atoms with Gasteiger partial charge in [0.25, 0.3) is 0 Å². The van der Waals surface area contributed by atoms with Crippen molar-refractivity contribution in [1.29, 1.82) is 0 Å². The predicted molar refractivity (Wildman–Crippen MR) is 67.3 cm³/mol. The normalized spacial score (nSPS) is 12.1. The van der Waals surface area contributed by atoms with Crippen LogP contribution in [0.15, 0.2) is 41.3 Å². The molecule has 0 spiro atoms. The summed E-state index contributed by atoms with van der Waals surface area (Å²) in [5.74, 6) is 0.0933. The Bertz CT molecular complexity index is 441. The van der Waals surface area contributed by atoms with E-state index in [4.69, 9.17) is 0 Å². The van der Waals surface area contributed by atoms with Crippen LogP contribution in [0.5, 0.6) is 0 Å². The minimum atomic E-state index is -3.14. The van der Waals surface area contributed by atoms with Crippen LogP contribution in [0.2, 0.25) is 0 Å². The number of hydrogen-bond acceptors (Lipinski definition) is 2. The molecule has 0 atom stereocenters. The molecule has 0 saturated carbocycles. The van der Waals surface area contributed by atoms with Crippen LogP contribution in [-0.2, 0) is 9.84 Å². The molecule has 0 aliphatic carbocycles. The molecule has 1 rings (SSSR count). The number of hydrogen-bond donors (Lipinski definition) is 0. The molecule has 1 aromatic rings. The van der Waals surface area contributed by atoms with Gasteiger partial charge in [0.1, 0.15) is 0 Å². The van der Waals surface area contributed by atoms with E-state index in [9.17, 15) is 8.42 Å². The van der Waals surface area contributed by atoms with E-state index in [1.807, 2.05) is 25.1 Å². The van der Waals surface area contributed by atoms with Gasteiger partial charge in [-0.1, -0.05) is 43.2 Å². The van der Waals surface area contributed by atoms with Crippen LogP contribution in [0.3, 0.4) is 0 Å². The Morgan fingerprint density at radius 1 is 1.12 bits per heavy atom. The molecule has 0 N–H and O–H groups in total.